The van der Waals surface area contributed by atoms with Crippen LogP contribution in [0.15, 0.2) is 47.9 Å². The lowest BCUT2D eigenvalue weighted by atomic mass is 10.3. The van der Waals surface area contributed by atoms with Crippen molar-refractivity contribution in [3.63, 3.8) is 0 Å². The van der Waals surface area contributed by atoms with Crippen LogP contribution in [0.2, 0.25) is 0 Å². The Hall–Kier alpha value is -1.22. The lowest BCUT2D eigenvalue weighted by Crippen LogP contribution is -1.59. The first kappa shape index (κ1) is 10.8. The van der Waals surface area contributed by atoms with Gasteiger partial charge in [0.05, 0.1) is 0 Å². The minimum absolute atomic E-state index is 0.953. The molecule has 0 saturated carbocycles. The van der Waals surface area contributed by atoms with Gasteiger partial charge in [-0.05, 0) is 37.5 Å². The van der Waals surface area contributed by atoms with Gasteiger partial charge >= 0.3 is 0 Å². The molecular formula is C12H16. The molecule has 0 heteroatoms. The van der Waals surface area contributed by atoms with Gasteiger partial charge in [-0.2, -0.15) is 0 Å². The summed E-state index contributed by atoms with van der Waals surface area (Å²) in [5.41, 5.74) is 6.85. The third-order valence-corrected chi connectivity index (χ3v) is 1.35. The van der Waals surface area contributed by atoms with Crippen LogP contribution < -0.4 is 0 Å². The Kier molecular flexibility index (Phi) is 7.08. The summed E-state index contributed by atoms with van der Waals surface area (Å²) in [5.74, 6) is 0. The average Bonchev–Trinajstić information content (AvgIpc) is 2.10. The molecular weight excluding hydrogens is 144 g/mol. The highest BCUT2D eigenvalue weighted by molar-refractivity contribution is 5.13. The summed E-state index contributed by atoms with van der Waals surface area (Å²) >= 11 is 0. The van der Waals surface area contributed by atoms with Crippen LogP contribution in [0.5, 0.6) is 0 Å². The predicted molar refractivity (Wildman–Crippen MR) is 55.0 cm³/mol. The van der Waals surface area contributed by atoms with E-state index in [1.54, 1.807) is 0 Å². The topological polar surface area (TPSA) is 0 Å². The molecule has 0 unspecified atom stereocenters. The Labute approximate surface area is 75.3 Å². The van der Waals surface area contributed by atoms with E-state index in [9.17, 15) is 0 Å². The van der Waals surface area contributed by atoms with E-state index in [1.807, 2.05) is 19.1 Å². The van der Waals surface area contributed by atoms with Crippen LogP contribution in [0.4, 0.5) is 0 Å². The molecule has 12 heavy (non-hydrogen) atoms. The number of hydrogen-bond donors (Lipinski definition) is 0. The largest absolute Gasteiger partial charge is 0.125 e. The second kappa shape index (κ2) is 7.88. The zero-order chi connectivity index (χ0) is 9.23. The van der Waals surface area contributed by atoms with Gasteiger partial charge in [0.15, 0.2) is 0 Å². The first-order chi connectivity index (χ1) is 5.81. The van der Waals surface area contributed by atoms with Crippen molar-refractivity contribution in [1.82, 2.24) is 0 Å². The molecule has 64 valence electrons. The fourth-order valence-electron chi connectivity index (χ4n) is 0.634. The summed E-state index contributed by atoms with van der Waals surface area (Å²) in [5, 5.41) is 0. The maximum Gasteiger partial charge on any atom is -0.00207 e. The van der Waals surface area contributed by atoms with E-state index in [0.717, 1.165) is 18.4 Å². The quantitative estimate of drug-likeness (QED) is 0.333. The minimum atomic E-state index is 0.953. The van der Waals surface area contributed by atoms with Crippen LogP contribution in [0.3, 0.4) is 0 Å². The molecule has 0 saturated heterocycles. The highest BCUT2D eigenvalue weighted by Gasteiger charge is 1.71. The second-order valence-corrected chi connectivity index (χ2v) is 2.49. The zero-order valence-corrected chi connectivity index (χ0v) is 7.93. The van der Waals surface area contributed by atoms with Gasteiger partial charge < -0.3 is 0 Å². The van der Waals surface area contributed by atoms with Gasteiger partial charge in [-0.25, -0.2) is 0 Å². The van der Waals surface area contributed by atoms with Gasteiger partial charge in [-0.3, -0.25) is 0 Å². The Balaban J connectivity index is 3.83. The van der Waals surface area contributed by atoms with Gasteiger partial charge in [0.2, 0.25) is 0 Å². The third-order valence-electron chi connectivity index (χ3n) is 1.35. The molecule has 0 bridgehead atoms. The van der Waals surface area contributed by atoms with Crippen molar-refractivity contribution in [3.8, 4) is 0 Å². The molecule has 0 heterocycles. The number of rotatable bonds is 4. The summed E-state index contributed by atoms with van der Waals surface area (Å²) in [7, 11) is 0. The summed E-state index contributed by atoms with van der Waals surface area (Å²) < 4.78 is 0. The molecule has 0 aromatic heterocycles. The molecule has 0 aliphatic rings. The summed E-state index contributed by atoms with van der Waals surface area (Å²) in [6, 6.07) is 0. The maximum absolute atomic E-state index is 3.53. The van der Waals surface area contributed by atoms with Crippen molar-refractivity contribution >= 4 is 0 Å². The fourth-order valence-corrected chi connectivity index (χ4v) is 0.634. The van der Waals surface area contributed by atoms with Crippen molar-refractivity contribution in [3.05, 3.63) is 47.9 Å². The van der Waals surface area contributed by atoms with Gasteiger partial charge in [-0.1, -0.05) is 25.7 Å². The molecule has 0 spiro atoms. The van der Waals surface area contributed by atoms with Crippen LogP contribution in [0.25, 0.3) is 0 Å². The van der Waals surface area contributed by atoms with Crippen molar-refractivity contribution < 1.29 is 0 Å². The van der Waals surface area contributed by atoms with E-state index < -0.39 is 0 Å². The van der Waals surface area contributed by atoms with Gasteiger partial charge in [0, 0.05) is 0 Å². The Morgan fingerprint density at radius 1 is 1.42 bits per heavy atom. The first-order valence-corrected chi connectivity index (χ1v) is 4.23. The van der Waals surface area contributed by atoms with Crippen LogP contribution in [0.1, 0.15) is 26.7 Å². The molecule has 0 aromatic carbocycles. The summed E-state index contributed by atoms with van der Waals surface area (Å²) in [4.78, 5) is 0. The monoisotopic (exact) mass is 160 g/mol. The smallest absolute Gasteiger partial charge is 0.00207 e. The average molecular weight is 160 g/mol. The predicted octanol–water partition coefficient (Wildman–Crippen LogP) is 3.79. The number of allylic oxidation sites excluding steroid dienone is 4. The molecule has 0 N–H and O–H groups in total. The van der Waals surface area contributed by atoms with Gasteiger partial charge in [0.25, 0.3) is 0 Å². The van der Waals surface area contributed by atoms with Crippen LogP contribution in [0, 0.1) is 0 Å². The number of hydrogen-bond acceptors (Lipinski definition) is 0. The highest BCUT2D eigenvalue weighted by atomic mass is 13.8. The fraction of sp³-hybridized carbons (Fsp3) is 0.333. The van der Waals surface area contributed by atoms with E-state index in [0.29, 0.717) is 0 Å². The lowest BCUT2D eigenvalue weighted by molar-refractivity contribution is 1.20. The molecule has 0 fully saturated rings. The minimum Gasteiger partial charge on any atom is -0.125 e. The van der Waals surface area contributed by atoms with Crippen molar-refractivity contribution in [2.75, 3.05) is 0 Å². The molecule has 0 aromatic rings. The SMILES string of the molecule is C=C=C(C)C=C=CCC=CCC. The van der Waals surface area contributed by atoms with Gasteiger partial charge in [0.1, 0.15) is 0 Å². The van der Waals surface area contributed by atoms with E-state index >= 15 is 0 Å². The third kappa shape index (κ3) is 6.89. The van der Waals surface area contributed by atoms with Crippen LogP contribution >= 0.6 is 0 Å². The van der Waals surface area contributed by atoms with E-state index in [4.69, 9.17) is 0 Å². The normalized spacial score (nSPS) is 8.83. The van der Waals surface area contributed by atoms with Crippen LogP contribution in [-0.2, 0) is 0 Å². The van der Waals surface area contributed by atoms with E-state index in [2.05, 4.69) is 37.1 Å². The van der Waals surface area contributed by atoms with E-state index in [1.165, 1.54) is 0 Å². The molecule has 0 atom stereocenters. The van der Waals surface area contributed by atoms with Gasteiger partial charge in [-0.15, -0.1) is 11.5 Å². The molecule has 0 aliphatic carbocycles. The van der Waals surface area contributed by atoms with Crippen molar-refractivity contribution in [2.45, 2.75) is 26.7 Å². The Bertz CT molecular complexity index is 241. The Morgan fingerprint density at radius 2 is 2.17 bits per heavy atom. The van der Waals surface area contributed by atoms with Crippen molar-refractivity contribution in [2.24, 2.45) is 0 Å². The van der Waals surface area contributed by atoms with Crippen LogP contribution in [-0.4, -0.2) is 0 Å². The second-order valence-electron chi connectivity index (χ2n) is 2.49. The molecule has 0 aliphatic heterocycles. The summed E-state index contributed by atoms with van der Waals surface area (Å²) in [6.45, 7) is 7.61. The highest BCUT2D eigenvalue weighted by Crippen LogP contribution is 1.90. The maximum atomic E-state index is 3.53. The van der Waals surface area contributed by atoms with Crippen molar-refractivity contribution in [1.29, 1.82) is 0 Å². The molecule has 0 amide bonds. The molecule has 0 nitrogen and oxygen atoms in total. The Morgan fingerprint density at radius 3 is 2.75 bits per heavy atom. The zero-order valence-electron chi connectivity index (χ0n) is 7.93. The summed E-state index contributed by atoms with van der Waals surface area (Å²) in [6.07, 6.45) is 10.2. The standard InChI is InChI=1S/C12H16/c1-4-6-7-8-9-10-11-12(3)5-2/h6-7,9,11H,2,4,8H2,1,3H3. The molecule has 0 radical (unpaired) electrons. The van der Waals surface area contributed by atoms with E-state index in [-0.39, 0.29) is 0 Å². The molecule has 0 rings (SSSR count). The lowest BCUT2D eigenvalue weighted by Gasteiger charge is -1.79. The first-order valence-electron chi connectivity index (χ1n) is 4.23.